The van der Waals surface area contributed by atoms with Crippen LogP contribution in [0.4, 0.5) is 0 Å². The molecule has 15 heteroatoms. The standard InChI is InChI=1S/C46H42Cl2N2O10S/c47-43-37(15-9-27(11-17-39(51)49-21-3-1-5-33(49)45(53)54)41(43)31-7-13-35-29(25-31)19-23-57-59-35)61-38-16-10-28(12-18-40(52)50-22-4-2-6-34(50)46(55)56)42(44(38)48)32-8-14-36-30(26-32)20-24-58-60-36/h7-18,25-26,33-34H,1-6,19-24H2,(H,53,54)(H,55,56). The summed E-state index contributed by atoms with van der Waals surface area (Å²) in [6, 6.07) is 17.0. The van der Waals surface area contributed by atoms with E-state index in [-0.39, 0.29) is 0 Å². The van der Waals surface area contributed by atoms with E-state index in [1.54, 1.807) is 12.2 Å². The van der Waals surface area contributed by atoms with Crippen LogP contribution in [0.5, 0.6) is 11.5 Å². The van der Waals surface area contributed by atoms with Crippen molar-refractivity contribution in [2.75, 3.05) is 26.3 Å². The molecule has 12 nitrogen and oxygen atoms in total. The lowest BCUT2D eigenvalue weighted by atomic mass is 9.96. The molecule has 2 atom stereocenters. The van der Waals surface area contributed by atoms with Crippen LogP contribution in [-0.2, 0) is 41.8 Å². The van der Waals surface area contributed by atoms with Crippen molar-refractivity contribution in [3.63, 3.8) is 0 Å². The number of fused-ring (bicyclic) bond motifs is 2. The quantitative estimate of drug-likeness (QED) is 0.116. The first-order chi connectivity index (χ1) is 29.6. The zero-order valence-electron chi connectivity index (χ0n) is 32.9. The number of carbonyl (C=O) groups is 4. The summed E-state index contributed by atoms with van der Waals surface area (Å²) >= 11 is 16.1. The number of carboxylic acid groups (broad SMARTS) is 2. The van der Waals surface area contributed by atoms with Crippen LogP contribution in [0.3, 0.4) is 0 Å². The third kappa shape index (κ3) is 9.17. The topological polar surface area (TPSA) is 152 Å². The molecular formula is C46H42Cl2N2O10S. The van der Waals surface area contributed by atoms with Gasteiger partial charge in [-0.25, -0.2) is 9.59 Å². The molecule has 2 N–H and O–H groups in total. The minimum absolute atomic E-state index is 0.362. The molecule has 0 aliphatic carbocycles. The van der Waals surface area contributed by atoms with Crippen molar-refractivity contribution in [1.82, 2.24) is 9.80 Å². The Morgan fingerprint density at radius 1 is 0.623 bits per heavy atom. The number of amides is 2. The van der Waals surface area contributed by atoms with Crippen molar-refractivity contribution in [2.24, 2.45) is 0 Å². The van der Waals surface area contributed by atoms with Crippen molar-refractivity contribution in [2.45, 2.75) is 73.2 Å². The lowest BCUT2D eigenvalue weighted by molar-refractivity contribution is -0.215. The number of hydrogen-bond acceptors (Lipinski definition) is 9. The van der Waals surface area contributed by atoms with Gasteiger partial charge in [-0.2, -0.15) is 9.78 Å². The number of benzene rings is 4. The molecule has 0 spiro atoms. The van der Waals surface area contributed by atoms with Gasteiger partial charge in [0.2, 0.25) is 11.8 Å². The van der Waals surface area contributed by atoms with Crippen LogP contribution >= 0.6 is 35.0 Å². The van der Waals surface area contributed by atoms with Gasteiger partial charge in [0.15, 0.2) is 11.5 Å². The zero-order valence-corrected chi connectivity index (χ0v) is 35.3. The molecule has 0 radical (unpaired) electrons. The Balaban J connectivity index is 1.17. The first-order valence-corrected chi connectivity index (χ1v) is 21.8. The minimum atomic E-state index is -1.02. The van der Waals surface area contributed by atoms with E-state index in [1.807, 2.05) is 60.7 Å². The van der Waals surface area contributed by atoms with Gasteiger partial charge in [-0.05, 0) is 109 Å². The number of carboxylic acids is 2. The van der Waals surface area contributed by atoms with E-state index in [2.05, 4.69) is 0 Å². The number of piperidine rings is 2. The molecule has 2 unspecified atom stereocenters. The fraction of sp³-hybridized carbons (Fsp3) is 0.304. The molecule has 2 amide bonds. The second kappa shape index (κ2) is 18.8. The Bertz CT molecular complexity index is 2290. The van der Waals surface area contributed by atoms with E-state index in [1.165, 1.54) is 33.7 Å². The molecule has 0 bridgehead atoms. The first kappa shape index (κ1) is 42.4. The Morgan fingerprint density at radius 3 is 1.49 bits per heavy atom. The third-order valence-corrected chi connectivity index (χ3v) is 13.5. The molecule has 4 aliphatic heterocycles. The van der Waals surface area contributed by atoms with E-state index >= 15 is 0 Å². The highest BCUT2D eigenvalue weighted by molar-refractivity contribution is 7.99. The van der Waals surface area contributed by atoms with Crippen molar-refractivity contribution >= 4 is 70.9 Å². The molecule has 0 saturated carbocycles. The first-order valence-electron chi connectivity index (χ1n) is 20.2. The molecule has 4 aliphatic rings. The van der Waals surface area contributed by atoms with Gasteiger partial charge >= 0.3 is 11.9 Å². The van der Waals surface area contributed by atoms with Crippen LogP contribution in [-0.4, -0.2) is 82.2 Å². The summed E-state index contributed by atoms with van der Waals surface area (Å²) in [4.78, 5) is 76.2. The van der Waals surface area contributed by atoms with Gasteiger partial charge in [0, 0.05) is 70.1 Å². The summed E-state index contributed by atoms with van der Waals surface area (Å²) in [6.07, 6.45) is 11.1. The van der Waals surface area contributed by atoms with Gasteiger partial charge in [-0.3, -0.25) is 9.59 Å². The molecule has 2 saturated heterocycles. The van der Waals surface area contributed by atoms with E-state index < -0.39 is 35.8 Å². The van der Waals surface area contributed by atoms with Gasteiger partial charge in [0.25, 0.3) is 0 Å². The number of halogens is 2. The van der Waals surface area contributed by atoms with Crippen LogP contribution in [0.2, 0.25) is 10.0 Å². The molecule has 8 rings (SSSR count). The fourth-order valence-corrected chi connectivity index (χ4v) is 9.93. The number of carbonyl (C=O) groups excluding carboxylic acids is 2. The third-order valence-electron chi connectivity index (χ3n) is 11.4. The van der Waals surface area contributed by atoms with Gasteiger partial charge in [0.1, 0.15) is 12.1 Å². The summed E-state index contributed by atoms with van der Waals surface area (Å²) in [7, 11) is 0. The maximum atomic E-state index is 13.4. The molecule has 2 fully saturated rings. The SMILES string of the molecule is O=C(O)C1CCCCN1C(=O)C=Cc1ccc(Sc2ccc(C=CC(=O)N3CCCCC3C(=O)O)c(-c3ccc4c(c3)CCOO4)c2Cl)c(Cl)c1-c1ccc2c(c1)CCOO2. The highest BCUT2D eigenvalue weighted by atomic mass is 35.5. The average Bonchev–Trinajstić information content (AvgIpc) is 3.28. The van der Waals surface area contributed by atoms with Crippen LogP contribution in [0, 0.1) is 0 Å². The van der Waals surface area contributed by atoms with Gasteiger partial charge < -0.3 is 29.8 Å². The number of likely N-dealkylation sites (tertiary alicyclic amines) is 2. The Labute approximate surface area is 366 Å². The molecule has 316 valence electrons. The Kier molecular flexibility index (Phi) is 13.0. The van der Waals surface area contributed by atoms with Crippen LogP contribution in [0.25, 0.3) is 34.4 Å². The highest BCUT2D eigenvalue weighted by Crippen LogP contribution is 2.47. The molecule has 4 aromatic rings. The highest BCUT2D eigenvalue weighted by Gasteiger charge is 2.32. The van der Waals surface area contributed by atoms with Crippen LogP contribution < -0.4 is 9.78 Å². The van der Waals surface area contributed by atoms with E-state index in [4.69, 9.17) is 42.8 Å². The lowest BCUT2D eigenvalue weighted by Crippen LogP contribution is -2.47. The lowest BCUT2D eigenvalue weighted by Gasteiger charge is -2.32. The van der Waals surface area contributed by atoms with Crippen molar-refractivity contribution < 1.29 is 48.9 Å². The number of hydrogen-bond donors (Lipinski definition) is 2. The summed E-state index contributed by atoms with van der Waals surface area (Å²) in [5, 5.41) is 20.4. The van der Waals surface area contributed by atoms with Crippen LogP contribution in [0.15, 0.2) is 82.6 Å². The van der Waals surface area contributed by atoms with Crippen molar-refractivity contribution in [3.05, 3.63) is 105 Å². The largest absolute Gasteiger partial charge is 0.480 e. The molecule has 4 heterocycles. The maximum absolute atomic E-state index is 13.4. The van der Waals surface area contributed by atoms with Crippen LogP contribution in [0.1, 0.15) is 60.8 Å². The number of rotatable bonds is 10. The normalized spacial score (nSPS) is 18.9. The van der Waals surface area contributed by atoms with E-state index in [0.717, 1.165) is 47.9 Å². The second-order valence-corrected chi connectivity index (χ2v) is 17.0. The smallest absolute Gasteiger partial charge is 0.326 e. The van der Waals surface area contributed by atoms with Gasteiger partial charge in [0.05, 0.1) is 23.3 Å². The van der Waals surface area contributed by atoms with E-state index in [9.17, 15) is 29.4 Å². The molecular weight excluding hydrogens is 843 g/mol. The molecule has 4 aromatic carbocycles. The number of nitrogens with zero attached hydrogens (tertiary/aromatic N) is 2. The molecule has 0 aromatic heterocycles. The number of aliphatic carboxylic acids is 2. The van der Waals surface area contributed by atoms with Gasteiger partial charge in [-0.15, -0.1) is 0 Å². The monoisotopic (exact) mass is 884 g/mol. The average molecular weight is 886 g/mol. The summed E-state index contributed by atoms with van der Waals surface area (Å²) in [6.45, 7) is 1.49. The minimum Gasteiger partial charge on any atom is -0.480 e. The second-order valence-electron chi connectivity index (χ2n) is 15.2. The summed E-state index contributed by atoms with van der Waals surface area (Å²) in [5.74, 6) is -1.62. The summed E-state index contributed by atoms with van der Waals surface area (Å²) in [5.41, 5.74) is 6.02. The molecule has 61 heavy (non-hydrogen) atoms. The zero-order chi connectivity index (χ0) is 42.6. The van der Waals surface area contributed by atoms with Crippen molar-refractivity contribution in [1.29, 1.82) is 0 Å². The maximum Gasteiger partial charge on any atom is 0.326 e. The summed E-state index contributed by atoms with van der Waals surface area (Å²) < 4.78 is 0. The van der Waals surface area contributed by atoms with Gasteiger partial charge in [-0.1, -0.05) is 59.2 Å². The van der Waals surface area contributed by atoms with E-state index in [0.29, 0.717) is 106 Å². The van der Waals surface area contributed by atoms with Crippen molar-refractivity contribution in [3.8, 4) is 33.8 Å². The fourth-order valence-electron chi connectivity index (χ4n) is 8.24. The predicted molar refractivity (Wildman–Crippen MR) is 231 cm³/mol. The Hall–Kier alpha value is -5.31. The predicted octanol–water partition coefficient (Wildman–Crippen LogP) is 9.17. The Morgan fingerprint density at radius 2 is 1.07 bits per heavy atom.